The lowest BCUT2D eigenvalue weighted by Crippen LogP contribution is -2.13. The van der Waals surface area contributed by atoms with Crippen molar-refractivity contribution in [1.82, 2.24) is 0 Å². The lowest BCUT2D eigenvalue weighted by atomic mass is 10.2. The van der Waals surface area contributed by atoms with Crippen LogP contribution in [0.5, 0.6) is 0 Å². The Morgan fingerprint density at radius 2 is 1.95 bits per heavy atom. The minimum Gasteiger partial charge on any atom is -0.385 e. The Bertz CT molecular complexity index is 558. The quantitative estimate of drug-likeness (QED) is 0.811. The molecule has 0 fully saturated rings. The number of anilines is 1. The normalized spacial score (nSPS) is 12.4. The van der Waals surface area contributed by atoms with Crippen molar-refractivity contribution >= 4 is 27.1 Å². The number of sulfone groups is 1. The minimum absolute atomic E-state index is 0.0101. The second-order valence-corrected chi connectivity index (χ2v) is 7.09. The maximum absolute atomic E-state index is 12.6. The van der Waals surface area contributed by atoms with E-state index in [1.54, 1.807) is 6.92 Å². The topological polar surface area (TPSA) is 46.2 Å². The van der Waals surface area contributed by atoms with Crippen LogP contribution in [0.2, 0.25) is 5.02 Å². The Morgan fingerprint density at radius 3 is 2.50 bits per heavy atom. The van der Waals surface area contributed by atoms with Gasteiger partial charge in [0.05, 0.1) is 16.3 Å². The van der Waals surface area contributed by atoms with E-state index >= 15 is 0 Å². The fourth-order valence-corrected chi connectivity index (χ4v) is 2.62. The zero-order valence-electron chi connectivity index (χ0n) is 10.8. The lowest BCUT2D eigenvalue weighted by Gasteiger charge is -2.12. The van der Waals surface area contributed by atoms with Crippen molar-refractivity contribution in [2.24, 2.45) is 0 Å². The van der Waals surface area contributed by atoms with Crippen molar-refractivity contribution in [3.63, 3.8) is 0 Å². The highest BCUT2D eigenvalue weighted by Crippen LogP contribution is 2.36. The summed E-state index contributed by atoms with van der Waals surface area (Å²) >= 11 is 5.49. The van der Waals surface area contributed by atoms with Gasteiger partial charge >= 0.3 is 6.18 Å². The van der Waals surface area contributed by atoms with E-state index < -0.39 is 21.6 Å². The Kier molecular flexibility index (Phi) is 5.70. The SMILES string of the molecule is CCS(=O)(=O)CCCNc1ccc(Cl)c(C(F)(F)F)c1. The minimum atomic E-state index is -4.51. The second kappa shape index (κ2) is 6.67. The molecule has 20 heavy (non-hydrogen) atoms. The van der Waals surface area contributed by atoms with E-state index in [1.165, 1.54) is 6.07 Å². The van der Waals surface area contributed by atoms with E-state index in [0.29, 0.717) is 6.42 Å². The molecular formula is C12H15ClF3NO2S. The molecule has 0 amide bonds. The predicted octanol–water partition coefficient (Wildman–Crippen LogP) is 3.60. The van der Waals surface area contributed by atoms with Crippen LogP contribution in [0.4, 0.5) is 18.9 Å². The summed E-state index contributed by atoms with van der Waals surface area (Å²) in [6, 6.07) is 3.50. The Hall–Kier alpha value is -0.950. The smallest absolute Gasteiger partial charge is 0.385 e. The molecule has 0 bridgehead atoms. The summed E-state index contributed by atoms with van der Waals surface area (Å²) in [6.07, 6.45) is -4.18. The van der Waals surface area contributed by atoms with E-state index in [1.807, 2.05) is 0 Å². The molecule has 1 N–H and O–H groups in total. The average molecular weight is 330 g/mol. The fourth-order valence-electron chi connectivity index (χ4n) is 1.52. The molecule has 0 aliphatic rings. The zero-order chi connectivity index (χ0) is 15.4. The summed E-state index contributed by atoms with van der Waals surface area (Å²) < 4.78 is 60.4. The van der Waals surface area contributed by atoms with Crippen molar-refractivity contribution in [2.45, 2.75) is 19.5 Å². The average Bonchev–Trinajstić information content (AvgIpc) is 2.35. The third-order valence-electron chi connectivity index (χ3n) is 2.67. The summed E-state index contributed by atoms with van der Waals surface area (Å²) in [5, 5.41) is 2.39. The van der Waals surface area contributed by atoms with Crippen molar-refractivity contribution in [3.05, 3.63) is 28.8 Å². The fraction of sp³-hybridized carbons (Fsp3) is 0.500. The van der Waals surface area contributed by atoms with Crippen LogP contribution >= 0.6 is 11.6 Å². The molecule has 1 aromatic rings. The van der Waals surface area contributed by atoms with Crippen LogP contribution in [-0.2, 0) is 16.0 Å². The van der Waals surface area contributed by atoms with Crippen LogP contribution in [0.1, 0.15) is 18.9 Å². The molecule has 0 unspecified atom stereocenters. The number of hydrogen-bond donors (Lipinski definition) is 1. The van der Waals surface area contributed by atoms with Gasteiger partial charge in [-0.15, -0.1) is 0 Å². The third-order valence-corrected chi connectivity index (χ3v) is 4.79. The van der Waals surface area contributed by atoms with E-state index in [9.17, 15) is 21.6 Å². The first-order valence-electron chi connectivity index (χ1n) is 5.97. The van der Waals surface area contributed by atoms with Gasteiger partial charge in [-0.3, -0.25) is 0 Å². The Labute approximate surface area is 121 Å². The summed E-state index contributed by atoms with van der Waals surface area (Å²) in [5.74, 6) is 0.0718. The summed E-state index contributed by atoms with van der Waals surface area (Å²) in [6.45, 7) is 1.83. The molecule has 114 valence electrons. The number of nitrogens with one attached hydrogen (secondary N) is 1. The molecule has 0 heterocycles. The predicted molar refractivity (Wildman–Crippen MR) is 73.9 cm³/mol. The number of alkyl halides is 3. The second-order valence-electron chi connectivity index (χ2n) is 4.21. The van der Waals surface area contributed by atoms with Gasteiger partial charge in [-0.1, -0.05) is 18.5 Å². The van der Waals surface area contributed by atoms with E-state index in [-0.39, 0.29) is 28.8 Å². The van der Waals surface area contributed by atoms with Crippen LogP contribution in [-0.4, -0.2) is 26.5 Å². The van der Waals surface area contributed by atoms with Gasteiger partial charge in [0, 0.05) is 18.0 Å². The van der Waals surface area contributed by atoms with Crippen molar-refractivity contribution < 1.29 is 21.6 Å². The molecule has 8 heteroatoms. The molecule has 0 saturated heterocycles. The van der Waals surface area contributed by atoms with Crippen LogP contribution in [0.15, 0.2) is 18.2 Å². The number of rotatable bonds is 6. The first kappa shape index (κ1) is 17.1. The Balaban J connectivity index is 2.62. The molecule has 0 radical (unpaired) electrons. The highest BCUT2D eigenvalue weighted by atomic mass is 35.5. The molecule has 0 aliphatic heterocycles. The van der Waals surface area contributed by atoms with Gasteiger partial charge in [0.2, 0.25) is 0 Å². The molecule has 1 aromatic carbocycles. The molecule has 3 nitrogen and oxygen atoms in total. The Morgan fingerprint density at radius 1 is 1.30 bits per heavy atom. The summed E-state index contributed by atoms with van der Waals surface area (Å²) in [7, 11) is -3.05. The summed E-state index contributed by atoms with van der Waals surface area (Å²) in [5.41, 5.74) is -0.652. The third kappa shape index (κ3) is 5.20. The van der Waals surface area contributed by atoms with Crippen LogP contribution in [0, 0.1) is 0 Å². The molecule has 0 aromatic heterocycles. The van der Waals surface area contributed by atoms with E-state index in [2.05, 4.69) is 5.32 Å². The molecule has 0 spiro atoms. The van der Waals surface area contributed by atoms with Gasteiger partial charge in [0.1, 0.15) is 9.84 Å². The van der Waals surface area contributed by atoms with Gasteiger partial charge in [-0.05, 0) is 24.6 Å². The lowest BCUT2D eigenvalue weighted by molar-refractivity contribution is -0.137. The van der Waals surface area contributed by atoms with E-state index in [4.69, 9.17) is 11.6 Å². The zero-order valence-corrected chi connectivity index (χ0v) is 12.4. The first-order valence-corrected chi connectivity index (χ1v) is 8.16. The van der Waals surface area contributed by atoms with Gasteiger partial charge in [-0.2, -0.15) is 13.2 Å². The van der Waals surface area contributed by atoms with Crippen molar-refractivity contribution in [1.29, 1.82) is 0 Å². The maximum atomic E-state index is 12.6. The molecule has 0 saturated carbocycles. The maximum Gasteiger partial charge on any atom is 0.417 e. The van der Waals surface area contributed by atoms with Crippen molar-refractivity contribution in [2.75, 3.05) is 23.4 Å². The van der Waals surface area contributed by atoms with Gasteiger partial charge < -0.3 is 5.32 Å². The number of hydrogen-bond acceptors (Lipinski definition) is 3. The number of halogens is 4. The monoisotopic (exact) mass is 329 g/mol. The van der Waals surface area contributed by atoms with Gasteiger partial charge in [0.15, 0.2) is 0 Å². The highest BCUT2D eigenvalue weighted by molar-refractivity contribution is 7.91. The molecule has 0 atom stereocenters. The van der Waals surface area contributed by atoms with E-state index in [0.717, 1.165) is 12.1 Å². The summed E-state index contributed by atoms with van der Waals surface area (Å²) in [4.78, 5) is 0. The largest absolute Gasteiger partial charge is 0.417 e. The number of benzene rings is 1. The van der Waals surface area contributed by atoms with Crippen LogP contribution in [0.3, 0.4) is 0 Å². The highest BCUT2D eigenvalue weighted by Gasteiger charge is 2.33. The molecule has 0 aliphatic carbocycles. The van der Waals surface area contributed by atoms with Crippen LogP contribution < -0.4 is 5.32 Å². The van der Waals surface area contributed by atoms with Crippen molar-refractivity contribution in [3.8, 4) is 0 Å². The molecule has 1 rings (SSSR count). The van der Waals surface area contributed by atoms with Crippen LogP contribution in [0.25, 0.3) is 0 Å². The first-order chi connectivity index (χ1) is 9.15. The standard InChI is InChI=1S/C12H15ClF3NO2S/c1-2-20(18,19)7-3-6-17-9-4-5-11(13)10(8-9)12(14,15)16/h4-5,8,17H,2-3,6-7H2,1H3. The van der Waals surface area contributed by atoms with Gasteiger partial charge in [-0.25, -0.2) is 8.42 Å². The molecular weight excluding hydrogens is 315 g/mol. The van der Waals surface area contributed by atoms with Gasteiger partial charge in [0.25, 0.3) is 0 Å².